The van der Waals surface area contributed by atoms with Gasteiger partial charge < -0.3 is 10.1 Å². The minimum atomic E-state index is -0.485. The molecule has 0 radical (unpaired) electrons. The van der Waals surface area contributed by atoms with Gasteiger partial charge in [0.1, 0.15) is 24.0 Å². The van der Waals surface area contributed by atoms with E-state index in [2.05, 4.69) is 31.3 Å². The van der Waals surface area contributed by atoms with Crippen LogP contribution in [-0.4, -0.2) is 5.91 Å². The van der Waals surface area contributed by atoms with Crippen LogP contribution in [0.15, 0.2) is 60.2 Å². The van der Waals surface area contributed by atoms with Crippen LogP contribution in [0.2, 0.25) is 5.02 Å². The zero-order valence-electron chi connectivity index (χ0n) is 18.6. The fraction of sp³-hybridized carbons (Fsp3) is 0.185. The number of carbonyl (C=O) groups is 1. The van der Waals surface area contributed by atoms with E-state index in [1.807, 2.05) is 44.2 Å². The Morgan fingerprint density at radius 1 is 1.03 bits per heavy atom. The van der Waals surface area contributed by atoms with Gasteiger partial charge in [0.05, 0.1) is 0 Å². The topological polar surface area (TPSA) is 62.1 Å². The summed E-state index contributed by atoms with van der Waals surface area (Å²) in [7, 11) is 0. The van der Waals surface area contributed by atoms with Crippen molar-refractivity contribution in [2.45, 2.75) is 34.3 Å². The molecule has 1 N–H and O–H groups in total. The maximum Gasteiger partial charge on any atom is 0.266 e. The fourth-order valence-corrected chi connectivity index (χ4v) is 3.38. The fourth-order valence-electron chi connectivity index (χ4n) is 3.20. The Kier molecular flexibility index (Phi) is 7.35. The summed E-state index contributed by atoms with van der Waals surface area (Å²) in [6, 6.07) is 18.9. The van der Waals surface area contributed by atoms with E-state index in [1.54, 1.807) is 18.2 Å². The molecule has 0 spiro atoms. The van der Waals surface area contributed by atoms with E-state index in [1.165, 1.54) is 17.2 Å². The molecule has 4 nitrogen and oxygen atoms in total. The van der Waals surface area contributed by atoms with Gasteiger partial charge in [-0.25, -0.2) is 0 Å². The predicted molar refractivity (Wildman–Crippen MR) is 130 cm³/mol. The third-order valence-electron chi connectivity index (χ3n) is 5.46. The molecule has 0 aliphatic heterocycles. The van der Waals surface area contributed by atoms with Crippen LogP contribution in [-0.2, 0) is 11.4 Å². The first-order valence-corrected chi connectivity index (χ1v) is 10.6. The van der Waals surface area contributed by atoms with E-state index >= 15 is 0 Å². The first kappa shape index (κ1) is 23.1. The van der Waals surface area contributed by atoms with E-state index in [0.717, 1.165) is 16.7 Å². The van der Waals surface area contributed by atoms with Gasteiger partial charge in [0.2, 0.25) is 0 Å². The molecule has 32 heavy (non-hydrogen) atoms. The van der Waals surface area contributed by atoms with Crippen LogP contribution in [0.4, 0.5) is 5.69 Å². The van der Waals surface area contributed by atoms with Gasteiger partial charge in [-0.3, -0.25) is 4.79 Å². The average molecular weight is 445 g/mol. The maximum atomic E-state index is 12.8. The minimum Gasteiger partial charge on any atom is -0.488 e. The number of hydrogen-bond acceptors (Lipinski definition) is 3. The molecule has 0 aliphatic rings. The lowest BCUT2D eigenvalue weighted by Crippen LogP contribution is -2.14. The summed E-state index contributed by atoms with van der Waals surface area (Å²) in [5.74, 6) is 0.0567. The number of ether oxygens (including phenoxy) is 1. The number of nitrogens with zero attached hydrogens (tertiary/aromatic N) is 1. The van der Waals surface area contributed by atoms with E-state index in [4.69, 9.17) is 16.3 Å². The molecule has 3 rings (SSSR count). The number of halogens is 1. The van der Waals surface area contributed by atoms with Crippen molar-refractivity contribution in [1.82, 2.24) is 0 Å². The van der Waals surface area contributed by atoms with Crippen LogP contribution in [0, 0.1) is 39.0 Å². The lowest BCUT2D eigenvalue weighted by atomic mass is 10.1. The predicted octanol–water partition coefficient (Wildman–Crippen LogP) is 6.70. The number of anilines is 1. The van der Waals surface area contributed by atoms with Crippen LogP contribution in [0.1, 0.15) is 33.4 Å². The normalized spacial score (nSPS) is 11.1. The maximum absolute atomic E-state index is 12.8. The van der Waals surface area contributed by atoms with Crippen molar-refractivity contribution in [1.29, 1.82) is 5.26 Å². The second-order valence-corrected chi connectivity index (χ2v) is 8.20. The van der Waals surface area contributed by atoms with Crippen molar-refractivity contribution in [2.24, 2.45) is 0 Å². The smallest absolute Gasteiger partial charge is 0.266 e. The van der Waals surface area contributed by atoms with Gasteiger partial charge in [0.25, 0.3) is 5.91 Å². The van der Waals surface area contributed by atoms with E-state index < -0.39 is 5.91 Å². The molecule has 0 bridgehead atoms. The first-order valence-electron chi connectivity index (χ1n) is 10.3. The third kappa shape index (κ3) is 5.57. The van der Waals surface area contributed by atoms with E-state index in [9.17, 15) is 10.1 Å². The number of aryl methyl sites for hydroxylation is 3. The van der Waals surface area contributed by atoms with Crippen molar-refractivity contribution in [3.63, 3.8) is 0 Å². The van der Waals surface area contributed by atoms with Crippen molar-refractivity contribution in [3.8, 4) is 11.8 Å². The Hall–Kier alpha value is -3.55. The van der Waals surface area contributed by atoms with Gasteiger partial charge in [-0.15, -0.1) is 0 Å². The largest absolute Gasteiger partial charge is 0.488 e. The molecule has 0 unspecified atom stereocenters. The third-order valence-corrected chi connectivity index (χ3v) is 5.69. The van der Waals surface area contributed by atoms with E-state index in [0.29, 0.717) is 28.6 Å². The van der Waals surface area contributed by atoms with Gasteiger partial charge >= 0.3 is 0 Å². The number of amides is 1. The molecule has 1 amide bonds. The molecule has 5 heteroatoms. The van der Waals surface area contributed by atoms with Crippen LogP contribution >= 0.6 is 11.6 Å². The van der Waals surface area contributed by atoms with Crippen LogP contribution in [0.25, 0.3) is 6.08 Å². The Morgan fingerprint density at radius 2 is 1.81 bits per heavy atom. The summed E-state index contributed by atoms with van der Waals surface area (Å²) >= 11 is 6.18. The highest BCUT2D eigenvalue weighted by atomic mass is 35.5. The summed E-state index contributed by atoms with van der Waals surface area (Å²) < 4.78 is 6.01. The average Bonchev–Trinajstić information content (AvgIpc) is 2.76. The quantitative estimate of drug-likeness (QED) is 0.340. The van der Waals surface area contributed by atoms with Crippen LogP contribution in [0.5, 0.6) is 5.75 Å². The van der Waals surface area contributed by atoms with Crippen molar-refractivity contribution < 1.29 is 9.53 Å². The van der Waals surface area contributed by atoms with Crippen molar-refractivity contribution in [3.05, 3.63) is 98.6 Å². The number of nitrogens with one attached hydrogen (secondary N) is 1. The van der Waals surface area contributed by atoms with Crippen LogP contribution in [0.3, 0.4) is 0 Å². The molecule has 0 saturated carbocycles. The lowest BCUT2D eigenvalue weighted by molar-refractivity contribution is -0.112. The van der Waals surface area contributed by atoms with Crippen LogP contribution < -0.4 is 10.1 Å². The zero-order valence-corrected chi connectivity index (χ0v) is 19.4. The van der Waals surface area contributed by atoms with E-state index in [-0.39, 0.29) is 5.57 Å². The van der Waals surface area contributed by atoms with Crippen molar-refractivity contribution in [2.75, 3.05) is 5.32 Å². The zero-order chi connectivity index (χ0) is 23.3. The SMILES string of the molecule is Cc1ccc(COc2ccc(Cl)cc2/C=C(\C#N)C(=O)Nc2cccc(C)c2C)cc1C. The summed E-state index contributed by atoms with van der Waals surface area (Å²) in [4.78, 5) is 12.8. The molecular formula is C27H25ClN2O2. The van der Waals surface area contributed by atoms with Gasteiger partial charge in [-0.2, -0.15) is 5.26 Å². The molecule has 3 aromatic carbocycles. The monoisotopic (exact) mass is 444 g/mol. The summed E-state index contributed by atoms with van der Waals surface area (Å²) in [5.41, 5.74) is 6.66. The molecule has 0 saturated heterocycles. The highest BCUT2D eigenvalue weighted by Gasteiger charge is 2.13. The Balaban J connectivity index is 1.85. The highest BCUT2D eigenvalue weighted by molar-refractivity contribution is 6.30. The second-order valence-electron chi connectivity index (χ2n) is 7.76. The number of carbonyl (C=O) groups excluding carboxylic acids is 1. The number of hydrogen-bond donors (Lipinski definition) is 1. The number of nitriles is 1. The first-order chi connectivity index (χ1) is 15.3. The molecule has 0 aliphatic carbocycles. The van der Waals surface area contributed by atoms with Gasteiger partial charge in [-0.1, -0.05) is 41.9 Å². The number of benzene rings is 3. The Labute approximate surface area is 194 Å². The molecule has 162 valence electrons. The summed E-state index contributed by atoms with van der Waals surface area (Å²) in [6.45, 7) is 8.38. The van der Waals surface area contributed by atoms with Gasteiger partial charge in [0.15, 0.2) is 0 Å². The lowest BCUT2D eigenvalue weighted by Gasteiger charge is -2.12. The molecule has 0 atom stereocenters. The molecule has 0 fully saturated rings. The minimum absolute atomic E-state index is 0.0378. The molecule has 0 aromatic heterocycles. The van der Waals surface area contributed by atoms with Crippen molar-refractivity contribution >= 4 is 29.3 Å². The molecule has 0 heterocycles. The highest BCUT2D eigenvalue weighted by Crippen LogP contribution is 2.27. The van der Waals surface area contributed by atoms with Gasteiger partial charge in [-0.05, 0) is 85.9 Å². The standard InChI is InChI=1S/C27H25ClN2O2/c1-17-8-9-21(12-19(17)3)16-32-26-11-10-24(28)14-22(26)13-23(15-29)27(31)30-25-7-5-6-18(2)20(25)4/h5-14H,16H2,1-4H3,(H,30,31)/b23-13+. The molecule has 3 aromatic rings. The summed E-state index contributed by atoms with van der Waals surface area (Å²) in [6.07, 6.45) is 1.50. The Morgan fingerprint density at radius 3 is 2.53 bits per heavy atom. The Bertz CT molecular complexity index is 1240. The second kappa shape index (κ2) is 10.2. The van der Waals surface area contributed by atoms with Gasteiger partial charge in [0, 0.05) is 16.3 Å². The molecular weight excluding hydrogens is 420 g/mol. The summed E-state index contributed by atoms with van der Waals surface area (Å²) in [5, 5.41) is 12.9. The number of rotatable bonds is 6.